The number of rotatable bonds is 5. The molecule has 21 heavy (non-hydrogen) atoms. The number of hydrogen-bond acceptors (Lipinski definition) is 5. The average molecular weight is 315 g/mol. The molecule has 0 aliphatic carbocycles. The lowest BCUT2D eigenvalue weighted by atomic mass is 10.2. The van der Waals surface area contributed by atoms with E-state index in [4.69, 9.17) is 22.4 Å². The Morgan fingerprint density at radius 3 is 2.67 bits per heavy atom. The first-order valence-corrected chi connectivity index (χ1v) is 7.18. The van der Waals surface area contributed by atoms with E-state index in [1.54, 1.807) is 30.5 Å². The van der Waals surface area contributed by atoms with E-state index in [9.17, 15) is 0 Å². The smallest absolute Gasteiger partial charge is 0.109 e. The standard InChI is InChI=1S/C15H11ClN4S/c16-13-3-1-2-12(8-13)15(20-18)10-19-21-14-6-4-11(9-17)5-7-14/h1-8,10,18-19H/b15-10-,20-18?. The van der Waals surface area contributed by atoms with E-state index in [1.807, 2.05) is 24.3 Å². The van der Waals surface area contributed by atoms with Crippen molar-refractivity contribution in [3.63, 3.8) is 0 Å². The molecule has 0 unspecified atom stereocenters. The molecule has 4 nitrogen and oxygen atoms in total. The fourth-order valence-electron chi connectivity index (χ4n) is 1.58. The Bertz CT molecular complexity index is 704. The van der Waals surface area contributed by atoms with Gasteiger partial charge in [-0.3, -0.25) is 0 Å². The minimum absolute atomic E-state index is 0.485. The third-order valence-electron chi connectivity index (χ3n) is 2.60. The van der Waals surface area contributed by atoms with Gasteiger partial charge in [-0.1, -0.05) is 23.7 Å². The van der Waals surface area contributed by atoms with Crippen molar-refractivity contribution in [1.29, 1.82) is 10.8 Å². The monoisotopic (exact) mass is 314 g/mol. The molecule has 0 heterocycles. The molecule has 0 spiro atoms. The van der Waals surface area contributed by atoms with E-state index < -0.39 is 0 Å². The van der Waals surface area contributed by atoms with Crippen molar-refractivity contribution in [3.8, 4) is 6.07 Å². The molecule has 0 aromatic heterocycles. The molecule has 0 saturated carbocycles. The van der Waals surface area contributed by atoms with Crippen LogP contribution < -0.4 is 4.72 Å². The molecular formula is C15H11ClN4S. The van der Waals surface area contributed by atoms with Crippen LogP contribution in [-0.2, 0) is 0 Å². The molecule has 0 saturated heterocycles. The van der Waals surface area contributed by atoms with Crippen LogP contribution in [0.25, 0.3) is 5.70 Å². The molecule has 0 bridgehead atoms. The van der Waals surface area contributed by atoms with Crippen LogP contribution in [0.2, 0.25) is 5.02 Å². The summed E-state index contributed by atoms with van der Waals surface area (Å²) in [6.07, 6.45) is 1.64. The lowest BCUT2D eigenvalue weighted by Gasteiger charge is -2.04. The van der Waals surface area contributed by atoms with Crippen molar-refractivity contribution in [2.45, 2.75) is 4.90 Å². The molecule has 2 aromatic carbocycles. The van der Waals surface area contributed by atoms with Crippen LogP contribution in [0.4, 0.5) is 0 Å². The molecule has 2 aromatic rings. The largest absolute Gasteiger partial charge is 0.330 e. The SMILES string of the molecule is N#Cc1ccc(SN/C=C(\N=N)c2cccc(Cl)c2)cc1. The Balaban J connectivity index is 2.04. The van der Waals surface area contributed by atoms with Gasteiger partial charge in [0.1, 0.15) is 5.70 Å². The van der Waals surface area contributed by atoms with Crippen LogP contribution in [-0.4, -0.2) is 0 Å². The second-order valence-electron chi connectivity index (χ2n) is 4.01. The van der Waals surface area contributed by atoms with Gasteiger partial charge in [-0.05, 0) is 48.3 Å². The molecule has 0 amide bonds. The first kappa shape index (κ1) is 15.1. The van der Waals surface area contributed by atoms with E-state index in [0.29, 0.717) is 16.3 Å². The minimum Gasteiger partial charge on any atom is -0.330 e. The number of halogens is 1. The highest BCUT2D eigenvalue weighted by Crippen LogP contribution is 2.21. The predicted octanol–water partition coefficient (Wildman–Crippen LogP) is 4.84. The van der Waals surface area contributed by atoms with E-state index in [-0.39, 0.29) is 0 Å². The summed E-state index contributed by atoms with van der Waals surface area (Å²) in [5.41, 5.74) is 9.11. The fraction of sp³-hybridized carbons (Fsp3) is 0. The molecule has 0 aliphatic heterocycles. The van der Waals surface area contributed by atoms with Crippen molar-refractivity contribution in [1.82, 2.24) is 4.72 Å². The van der Waals surface area contributed by atoms with Gasteiger partial charge in [-0.15, -0.1) is 0 Å². The van der Waals surface area contributed by atoms with Gasteiger partial charge in [-0.2, -0.15) is 10.4 Å². The summed E-state index contributed by atoms with van der Waals surface area (Å²) in [6, 6.07) is 16.4. The molecule has 0 fully saturated rings. The molecular weight excluding hydrogens is 304 g/mol. The molecule has 104 valence electrons. The Morgan fingerprint density at radius 2 is 2.05 bits per heavy atom. The van der Waals surface area contributed by atoms with Gasteiger partial charge < -0.3 is 4.72 Å². The van der Waals surface area contributed by atoms with Gasteiger partial charge >= 0.3 is 0 Å². The Kier molecular flexibility index (Phi) is 5.38. The van der Waals surface area contributed by atoms with Gasteiger partial charge in [0.15, 0.2) is 0 Å². The van der Waals surface area contributed by atoms with Gasteiger partial charge in [-0.25, -0.2) is 5.53 Å². The number of nitrogens with one attached hydrogen (secondary N) is 2. The third kappa shape index (κ3) is 4.35. The first-order valence-electron chi connectivity index (χ1n) is 5.99. The number of hydrogen-bond donors (Lipinski definition) is 2. The van der Waals surface area contributed by atoms with E-state index in [1.165, 1.54) is 11.9 Å². The van der Waals surface area contributed by atoms with E-state index >= 15 is 0 Å². The highest BCUT2D eigenvalue weighted by Gasteiger charge is 2.01. The van der Waals surface area contributed by atoms with Crippen LogP contribution in [0, 0.1) is 16.9 Å². The van der Waals surface area contributed by atoms with Gasteiger partial charge in [0, 0.05) is 21.7 Å². The van der Waals surface area contributed by atoms with Gasteiger partial charge in [0.2, 0.25) is 0 Å². The van der Waals surface area contributed by atoms with Crippen LogP contribution >= 0.6 is 23.5 Å². The van der Waals surface area contributed by atoms with Crippen LogP contribution in [0.15, 0.2) is 64.7 Å². The second-order valence-corrected chi connectivity index (χ2v) is 5.36. The molecule has 2 rings (SSSR count). The zero-order valence-corrected chi connectivity index (χ0v) is 12.4. The quantitative estimate of drug-likeness (QED) is 0.612. The predicted molar refractivity (Wildman–Crippen MR) is 84.7 cm³/mol. The minimum atomic E-state index is 0.485. The lowest BCUT2D eigenvalue weighted by Crippen LogP contribution is -1.93. The molecule has 0 radical (unpaired) electrons. The molecule has 0 atom stereocenters. The van der Waals surface area contributed by atoms with Crippen LogP contribution in [0.5, 0.6) is 0 Å². The zero-order valence-electron chi connectivity index (χ0n) is 10.9. The number of nitriles is 1. The maximum Gasteiger partial charge on any atom is 0.109 e. The topological polar surface area (TPSA) is 72.0 Å². The van der Waals surface area contributed by atoms with E-state index in [2.05, 4.69) is 15.9 Å². The summed E-state index contributed by atoms with van der Waals surface area (Å²) in [6.45, 7) is 0. The highest BCUT2D eigenvalue weighted by atomic mass is 35.5. The Morgan fingerprint density at radius 1 is 1.29 bits per heavy atom. The number of benzene rings is 2. The molecule has 6 heteroatoms. The normalized spacial score (nSPS) is 10.8. The van der Waals surface area contributed by atoms with Gasteiger partial charge in [0.25, 0.3) is 0 Å². The van der Waals surface area contributed by atoms with Crippen LogP contribution in [0.3, 0.4) is 0 Å². The summed E-state index contributed by atoms with van der Waals surface area (Å²) in [5, 5.41) is 12.8. The van der Waals surface area contributed by atoms with Crippen molar-refractivity contribution in [3.05, 3.63) is 70.9 Å². The summed E-state index contributed by atoms with van der Waals surface area (Å²) in [4.78, 5) is 0.959. The Hall–Kier alpha value is -2.29. The van der Waals surface area contributed by atoms with Crippen molar-refractivity contribution in [2.24, 2.45) is 5.11 Å². The molecule has 0 aliphatic rings. The van der Waals surface area contributed by atoms with Crippen LogP contribution in [0.1, 0.15) is 11.1 Å². The zero-order chi connectivity index (χ0) is 15.1. The third-order valence-corrected chi connectivity index (χ3v) is 3.58. The first-order chi connectivity index (χ1) is 10.2. The summed E-state index contributed by atoms with van der Waals surface area (Å²) < 4.78 is 3.02. The summed E-state index contributed by atoms with van der Waals surface area (Å²) >= 11 is 7.29. The average Bonchev–Trinajstić information content (AvgIpc) is 2.52. The Labute approximate surface area is 132 Å². The molecule has 2 N–H and O–H groups in total. The summed E-state index contributed by atoms with van der Waals surface area (Å²) in [7, 11) is 0. The maximum absolute atomic E-state index is 8.73. The summed E-state index contributed by atoms with van der Waals surface area (Å²) in [5.74, 6) is 0. The fourth-order valence-corrected chi connectivity index (χ4v) is 2.35. The van der Waals surface area contributed by atoms with Crippen molar-refractivity contribution >= 4 is 29.2 Å². The van der Waals surface area contributed by atoms with E-state index in [0.717, 1.165) is 10.5 Å². The van der Waals surface area contributed by atoms with Gasteiger partial charge in [0.05, 0.1) is 11.6 Å². The van der Waals surface area contributed by atoms with Crippen molar-refractivity contribution < 1.29 is 0 Å². The lowest BCUT2D eigenvalue weighted by molar-refractivity contribution is 1.14. The number of nitrogens with zero attached hydrogens (tertiary/aromatic N) is 2. The maximum atomic E-state index is 8.73. The highest BCUT2D eigenvalue weighted by molar-refractivity contribution is 7.97. The van der Waals surface area contributed by atoms with Crippen molar-refractivity contribution in [2.75, 3.05) is 0 Å². The second kappa shape index (κ2) is 7.48.